The fourth-order valence-corrected chi connectivity index (χ4v) is 3.04. The monoisotopic (exact) mass is 291 g/mol. The fraction of sp³-hybridized carbons (Fsp3) is 0.625. The molecular weight excluding hydrogens is 266 g/mol. The van der Waals surface area contributed by atoms with E-state index in [1.165, 1.54) is 12.8 Å². The van der Waals surface area contributed by atoms with Crippen molar-refractivity contribution in [2.24, 2.45) is 0 Å². The van der Waals surface area contributed by atoms with Crippen LogP contribution in [0.4, 0.5) is 11.4 Å². The minimum atomic E-state index is -0.311. The molecule has 21 heavy (non-hydrogen) atoms. The number of likely N-dealkylation sites (tertiary alicyclic amines) is 1. The van der Waals surface area contributed by atoms with Gasteiger partial charge >= 0.3 is 0 Å². The first-order valence-electron chi connectivity index (χ1n) is 7.91. The van der Waals surface area contributed by atoms with E-state index in [-0.39, 0.29) is 10.6 Å². The molecule has 1 atom stereocenters. The van der Waals surface area contributed by atoms with E-state index >= 15 is 0 Å². The third-order valence-electron chi connectivity index (χ3n) is 4.21. The first-order valence-corrected chi connectivity index (χ1v) is 7.91. The van der Waals surface area contributed by atoms with Crippen molar-refractivity contribution < 1.29 is 4.92 Å². The van der Waals surface area contributed by atoms with Gasteiger partial charge in [0.2, 0.25) is 0 Å². The zero-order valence-corrected chi connectivity index (χ0v) is 13.0. The molecule has 0 saturated carbocycles. The van der Waals surface area contributed by atoms with Gasteiger partial charge < -0.3 is 5.32 Å². The van der Waals surface area contributed by atoms with Crippen molar-refractivity contribution in [2.45, 2.75) is 52.1 Å². The Morgan fingerprint density at radius 3 is 2.90 bits per heavy atom. The van der Waals surface area contributed by atoms with Crippen LogP contribution in [0.5, 0.6) is 0 Å². The molecular formula is C16H25N3O2. The van der Waals surface area contributed by atoms with Crippen molar-refractivity contribution >= 4 is 11.4 Å². The molecule has 1 aromatic carbocycles. The molecule has 1 fully saturated rings. The minimum absolute atomic E-state index is 0.180. The van der Waals surface area contributed by atoms with Gasteiger partial charge in [0.25, 0.3) is 5.69 Å². The van der Waals surface area contributed by atoms with E-state index in [0.29, 0.717) is 6.04 Å². The van der Waals surface area contributed by atoms with Gasteiger partial charge in [-0.05, 0) is 43.9 Å². The summed E-state index contributed by atoms with van der Waals surface area (Å²) in [5.74, 6) is 0. The maximum Gasteiger partial charge on any atom is 0.269 e. The van der Waals surface area contributed by atoms with Gasteiger partial charge in [-0.25, -0.2) is 0 Å². The smallest absolute Gasteiger partial charge is 0.269 e. The van der Waals surface area contributed by atoms with Gasteiger partial charge in [0, 0.05) is 37.0 Å². The average molecular weight is 291 g/mol. The number of nitrogens with one attached hydrogen (secondary N) is 1. The summed E-state index contributed by atoms with van der Waals surface area (Å²) < 4.78 is 0. The normalized spacial score (nSPS) is 18.9. The summed E-state index contributed by atoms with van der Waals surface area (Å²) in [6.07, 6.45) is 4.65. The van der Waals surface area contributed by atoms with Crippen LogP contribution in [0.3, 0.4) is 0 Å². The van der Waals surface area contributed by atoms with Crippen LogP contribution in [-0.2, 0) is 6.54 Å². The number of rotatable bonds is 7. The van der Waals surface area contributed by atoms with Crippen LogP contribution in [-0.4, -0.2) is 29.0 Å². The molecule has 1 aromatic rings. The first kappa shape index (κ1) is 15.8. The molecule has 1 aliphatic rings. The van der Waals surface area contributed by atoms with Crippen LogP contribution in [0.1, 0.15) is 45.1 Å². The highest BCUT2D eigenvalue weighted by Gasteiger charge is 2.24. The van der Waals surface area contributed by atoms with Crippen LogP contribution in [0.15, 0.2) is 18.2 Å². The number of hydrogen-bond donors (Lipinski definition) is 1. The molecule has 5 heteroatoms. The molecule has 0 amide bonds. The van der Waals surface area contributed by atoms with Crippen LogP contribution in [0, 0.1) is 10.1 Å². The van der Waals surface area contributed by atoms with Crippen LogP contribution >= 0.6 is 0 Å². The third kappa shape index (κ3) is 3.94. The fourth-order valence-electron chi connectivity index (χ4n) is 3.04. The van der Waals surface area contributed by atoms with Crippen LogP contribution < -0.4 is 5.32 Å². The largest absolute Gasteiger partial charge is 0.385 e. The Labute approximate surface area is 126 Å². The van der Waals surface area contributed by atoms with Crippen LogP contribution in [0.2, 0.25) is 0 Å². The van der Waals surface area contributed by atoms with E-state index in [0.717, 1.165) is 43.7 Å². The Balaban J connectivity index is 2.20. The summed E-state index contributed by atoms with van der Waals surface area (Å²) >= 11 is 0. The molecule has 5 nitrogen and oxygen atoms in total. The summed E-state index contributed by atoms with van der Waals surface area (Å²) in [5, 5.41) is 14.4. The molecule has 2 rings (SSSR count). The first-order chi connectivity index (χ1) is 10.2. The lowest BCUT2D eigenvalue weighted by Crippen LogP contribution is -2.28. The number of non-ortho nitro benzene ring substituents is 1. The third-order valence-corrected chi connectivity index (χ3v) is 4.21. The Kier molecular flexibility index (Phi) is 5.56. The number of nitrogens with zero attached hydrogens (tertiary/aromatic N) is 2. The topological polar surface area (TPSA) is 58.4 Å². The second-order valence-electron chi connectivity index (χ2n) is 5.70. The number of benzene rings is 1. The molecule has 1 unspecified atom stereocenters. The predicted octanol–water partition coefficient (Wildman–Crippen LogP) is 3.79. The van der Waals surface area contributed by atoms with Gasteiger partial charge in [0.1, 0.15) is 0 Å². The standard InChI is InChI=1S/C16H25N3O2/c1-3-9-17-16-8-7-15(19(20)21)11-13(16)12-18-10-5-6-14(18)4-2/h7-8,11,14,17H,3-6,9-10,12H2,1-2H3. The molecule has 1 saturated heterocycles. The number of anilines is 1. The number of nitro benzene ring substituents is 1. The Bertz CT molecular complexity index is 490. The molecule has 0 radical (unpaired) electrons. The van der Waals surface area contributed by atoms with Gasteiger partial charge in [-0.1, -0.05) is 13.8 Å². The summed E-state index contributed by atoms with van der Waals surface area (Å²) in [5.41, 5.74) is 2.25. The van der Waals surface area contributed by atoms with Crippen molar-refractivity contribution in [1.82, 2.24) is 4.90 Å². The lowest BCUT2D eigenvalue weighted by molar-refractivity contribution is -0.384. The maximum absolute atomic E-state index is 11.0. The van der Waals surface area contributed by atoms with Gasteiger partial charge in [-0.2, -0.15) is 0 Å². The molecule has 1 heterocycles. The average Bonchev–Trinajstić information content (AvgIpc) is 2.93. The van der Waals surface area contributed by atoms with E-state index in [4.69, 9.17) is 0 Å². The van der Waals surface area contributed by atoms with Crippen molar-refractivity contribution in [3.63, 3.8) is 0 Å². The van der Waals surface area contributed by atoms with Gasteiger partial charge in [0.05, 0.1) is 4.92 Å². The molecule has 116 valence electrons. The predicted molar refractivity (Wildman–Crippen MR) is 85.6 cm³/mol. The van der Waals surface area contributed by atoms with Crippen molar-refractivity contribution in [1.29, 1.82) is 0 Å². The Morgan fingerprint density at radius 1 is 1.43 bits per heavy atom. The van der Waals surface area contributed by atoms with Gasteiger partial charge in [0.15, 0.2) is 0 Å². The summed E-state index contributed by atoms with van der Waals surface area (Å²) in [4.78, 5) is 13.2. The van der Waals surface area contributed by atoms with Gasteiger partial charge in [-0.3, -0.25) is 15.0 Å². The zero-order valence-electron chi connectivity index (χ0n) is 13.0. The van der Waals surface area contributed by atoms with E-state index in [2.05, 4.69) is 24.1 Å². The number of hydrogen-bond acceptors (Lipinski definition) is 4. The molecule has 0 aliphatic carbocycles. The zero-order chi connectivity index (χ0) is 15.2. The molecule has 0 aromatic heterocycles. The molecule has 1 aliphatic heterocycles. The molecule has 0 bridgehead atoms. The molecule has 0 spiro atoms. The van der Waals surface area contributed by atoms with E-state index < -0.39 is 0 Å². The summed E-state index contributed by atoms with van der Waals surface area (Å²) in [7, 11) is 0. The minimum Gasteiger partial charge on any atom is -0.385 e. The maximum atomic E-state index is 11.0. The highest BCUT2D eigenvalue weighted by molar-refractivity contribution is 5.56. The van der Waals surface area contributed by atoms with Gasteiger partial charge in [-0.15, -0.1) is 0 Å². The highest BCUT2D eigenvalue weighted by atomic mass is 16.6. The molecule has 1 N–H and O–H groups in total. The Morgan fingerprint density at radius 2 is 2.24 bits per heavy atom. The second kappa shape index (κ2) is 7.41. The second-order valence-corrected chi connectivity index (χ2v) is 5.70. The van der Waals surface area contributed by atoms with Crippen LogP contribution in [0.25, 0.3) is 0 Å². The van der Waals surface area contributed by atoms with E-state index in [9.17, 15) is 10.1 Å². The lowest BCUT2D eigenvalue weighted by atomic mass is 10.1. The summed E-state index contributed by atoms with van der Waals surface area (Å²) in [6, 6.07) is 5.77. The van der Waals surface area contributed by atoms with Crippen molar-refractivity contribution in [3.8, 4) is 0 Å². The van der Waals surface area contributed by atoms with E-state index in [1.54, 1.807) is 12.1 Å². The highest BCUT2D eigenvalue weighted by Crippen LogP contribution is 2.28. The SMILES string of the molecule is CCCNc1ccc([N+](=O)[O-])cc1CN1CCCC1CC. The quantitative estimate of drug-likeness (QED) is 0.613. The van der Waals surface area contributed by atoms with Crippen molar-refractivity contribution in [3.05, 3.63) is 33.9 Å². The number of nitro groups is 1. The van der Waals surface area contributed by atoms with E-state index in [1.807, 2.05) is 6.07 Å². The van der Waals surface area contributed by atoms with Crippen molar-refractivity contribution in [2.75, 3.05) is 18.4 Å². The lowest BCUT2D eigenvalue weighted by Gasteiger charge is -2.24. The Hall–Kier alpha value is -1.62. The summed E-state index contributed by atoms with van der Waals surface area (Å²) in [6.45, 7) is 7.11.